The van der Waals surface area contributed by atoms with E-state index in [1.165, 1.54) is 19.1 Å². The summed E-state index contributed by atoms with van der Waals surface area (Å²) in [5.41, 5.74) is -1.84. The van der Waals surface area contributed by atoms with Crippen molar-refractivity contribution in [3.63, 3.8) is 0 Å². The molecule has 23 heavy (non-hydrogen) atoms. The van der Waals surface area contributed by atoms with E-state index in [9.17, 15) is 23.1 Å². The van der Waals surface area contributed by atoms with Crippen LogP contribution >= 0.6 is 0 Å². The van der Waals surface area contributed by atoms with E-state index in [0.717, 1.165) is 6.07 Å². The van der Waals surface area contributed by atoms with E-state index in [4.69, 9.17) is 5.11 Å². The molecule has 0 saturated carbocycles. The second-order valence-electron chi connectivity index (χ2n) is 7.15. The average Bonchev–Trinajstić information content (AvgIpc) is 2.42. The third-order valence-electron chi connectivity index (χ3n) is 4.03. The molecule has 0 bridgehead atoms. The third kappa shape index (κ3) is 4.70. The zero-order valence-corrected chi connectivity index (χ0v) is 13.8. The Morgan fingerprint density at radius 2 is 1.65 bits per heavy atom. The van der Waals surface area contributed by atoms with Crippen molar-refractivity contribution in [3.05, 3.63) is 34.9 Å². The molecule has 2 N–H and O–H groups in total. The minimum Gasteiger partial charge on any atom is -0.481 e. The number of aryl methyl sites for hydroxylation is 1. The van der Waals surface area contributed by atoms with Gasteiger partial charge in [0.05, 0.1) is 17.6 Å². The fourth-order valence-corrected chi connectivity index (χ4v) is 2.29. The SMILES string of the molecule is CC(C)(C)c1cc(CC[C@@](C)(CO)C(=O)O)ccc1C(F)(F)F. The quantitative estimate of drug-likeness (QED) is 0.856. The number of aliphatic carboxylic acids is 1. The fourth-order valence-electron chi connectivity index (χ4n) is 2.29. The number of aliphatic hydroxyl groups excluding tert-OH is 1. The summed E-state index contributed by atoms with van der Waals surface area (Å²) in [6.07, 6.45) is -4.00. The Balaban J connectivity index is 3.15. The first-order valence-electron chi connectivity index (χ1n) is 7.36. The van der Waals surface area contributed by atoms with Gasteiger partial charge in [-0.05, 0) is 42.4 Å². The largest absolute Gasteiger partial charge is 0.481 e. The summed E-state index contributed by atoms with van der Waals surface area (Å²) in [5.74, 6) is -1.12. The highest BCUT2D eigenvalue weighted by Crippen LogP contribution is 2.38. The van der Waals surface area contributed by atoms with Gasteiger partial charge in [-0.2, -0.15) is 13.2 Å². The molecule has 3 nitrogen and oxygen atoms in total. The summed E-state index contributed by atoms with van der Waals surface area (Å²) >= 11 is 0. The van der Waals surface area contributed by atoms with Crippen molar-refractivity contribution in [1.29, 1.82) is 0 Å². The molecule has 1 aromatic carbocycles. The average molecular weight is 332 g/mol. The number of halogens is 3. The fraction of sp³-hybridized carbons (Fsp3) is 0.588. The molecule has 0 heterocycles. The van der Waals surface area contributed by atoms with Crippen LogP contribution < -0.4 is 0 Å². The van der Waals surface area contributed by atoms with E-state index in [-0.39, 0.29) is 18.4 Å². The molecule has 0 aliphatic heterocycles. The molecular formula is C17H23F3O3. The molecule has 0 saturated heterocycles. The van der Waals surface area contributed by atoms with E-state index >= 15 is 0 Å². The van der Waals surface area contributed by atoms with Gasteiger partial charge in [0.1, 0.15) is 0 Å². The van der Waals surface area contributed by atoms with Crippen LogP contribution in [0.3, 0.4) is 0 Å². The highest BCUT2D eigenvalue weighted by atomic mass is 19.4. The van der Waals surface area contributed by atoms with E-state index in [1.54, 1.807) is 20.8 Å². The van der Waals surface area contributed by atoms with Crippen LogP contribution in [-0.4, -0.2) is 22.8 Å². The molecule has 0 amide bonds. The predicted molar refractivity (Wildman–Crippen MR) is 81.3 cm³/mol. The van der Waals surface area contributed by atoms with E-state index in [0.29, 0.717) is 5.56 Å². The highest BCUT2D eigenvalue weighted by Gasteiger charge is 2.37. The van der Waals surface area contributed by atoms with Gasteiger partial charge < -0.3 is 10.2 Å². The molecule has 1 aromatic rings. The first kappa shape index (κ1) is 19.5. The van der Waals surface area contributed by atoms with Gasteiger partial charge in [-0.3, -0.25) is 4.79 Å². The van der Waals surface area contributed by atoms with Crippen LogP contribution in [0.15, 0.2) is 18.2 Å². The summed E-state index contributed by atoms with van der Waals surface area (Å²) in [4.78, 5) is 11.2. The van der Waals surface area contributed by atoms with E-state index in [2.05, 4.69) is 0 Å². The van der Waals surface area contributed by atoms with E-state index < -0.39 is 35.1 Å². The molecule has 130 valence electrons. The highest BCUT2D eigenvalue weighted by molar-refractivity contribution is 5.74. The lowest BCUT2D eigenvalue weighted by molar-refractivity contribution is -0.150. The van der Waals surface area contributed by atoms with Crippen LogP contribution in [0.1, 0.15) is 50.8 Å². The number of alkyl halides is 3. The maximum Gasteiger partial charge on any atom is 0.416 e. The monoisotopic (exact) mass is 332 g/mol. The molecule has 0 aliphatic carbocycles. The molecular weight excluding hydrogens is 309 g/mol. The smallest absolute Gasteiger partial charge is 0.416 e. The molecule has 1 rings (SSSR count). The Morgan fingerprint density at radius 1 is 1.09 bits per heavy atom. The van der Waals surface area contributed by atoms with Crippen molar-refractivity contribution in [2.75, 3.05) is 6.61 Å². The first-order chi connectivity index (χ1) is 10.3. The van der Waals surface area contributed by atoms with Gasteiger partial charge in [0.25, 0.3) is 0 Å². The number of rotatable bonds is 5. The number of aliphatic hydroxyl groups is 1. The van der Waals surface area contributed by atoms with Crippen molar-refractivity contribution in [2.45, 2.75) is 52.1 Å². The minimum absolute atomic E-state index is 0.147. The molecule has 0 radical (unpaired) electrons. The molecule has 0 unspecified atom stereocenters. The molecule has 0 spiro atoms. The number of hydrogen-bond acceptors (Lipinski definition) is 2. The summed E-state index contributed by atoms with van der Waals surface area (Å²) in [5, 5.41) is 18.4. The van der Waals surface area contributed by atoms with Crippen molar-refractivity contribution in [2.24, 2.45) is 5.41 Å². The van der Waals surface area contributed by atoms with Gasteiger partial charge in [0.15, 0.2) is 0 Å². The Labute approximate surface area is 134 Å². The Morgan fingerprint density at radius 3 is 2.04 bits per heavy atom. The number of hydrogen-bond donors (Lipinski definition) is 2. The molecule has 0 aromatic heterocycles. The summed E-state index contributed by atoms with van der Waals surface area (Å²) in [6.45, 7) is 6.02. The zero-order valence-electron chi connectivity index (χ0n) is 13.8. The van der Waals surface area contributed by atoms with Gasteiger partial charge in [-0.1, -0.05) is 32.9 Å². The van der Waals surface area contributed by atoms with Gasteiger partial charge in [0.2, 0.25) is 0 Å². The van der Waals surface area contributed by atoms with Crippen LogP contribution in [0.2, 0.25) is 0 Å². The summed E-state index contributed by atoms with van der Waals surface area (Å²) < 4.78 is 39.4. The van der Waals surface area contributed by atoms with E-state index in [1.807, 2.05) is 0 Å². The number of benzene rings is 1. The van der Waals surface area contributed by atoms with Crippen LogP contribution in [-0.2, 0) is 22.8 Å². The molecule has 6 heteroatoms. The standard InChI is InChI=1S/C17H23F3O3/c1-15(2,3)13-9-11(5-6-12(13)17(18,19)20)7-8-16(4,10-21)14(22)23/h5-6,9,21H,7-8,10H2,1-4H3,(H,22,23)/t16-/m0/s1. The third-order valence-corrected chi connectivity index (χ3v) is 4.03. The van der Waals surface area contributed by atoms with Gasteiger partial charge in [-0.15, -0.1) is 0 Å². The van der Waals surface area contributed by atoms with Crippen LogP contribution in [0.5, 0.6) is 0 Å². The lowest BCUT2D eigenvalue weighted by atomic mass is 9.80. The number of carboxylic acid groups (broad SMARTS) is 1. The Hall–Kier alpha value is -1.56. The topological polar surface area (TPSA) is 57.5 Å². The van der Waals surface area contributed by atoms with Crippen molar-refractivity contribution < 1.29 is 28.2 Å². The van der Waals surface area contributed by atoms with Crippen LogP contribution in [0.25, 0.3) is 0 Å². The first-order valence-corrected chi connectivity index (χ1v) is 7.36. The maximum atomic E-state index is 13.1. The Bertz CT molecular complexity index is 573. The lowest BCUT2D eigenvalue weighted by Gasteiger charge is -2.26. The molecule has 1 atom stereocenters. The Kier molecular flexibility index (Phi) is 5.52. The predicted octanol–water partition coefficient (Wildman–Crippen LogP) is 4.02. The molecule has 0 aliphatic rings. The second kappa shape index (κ2) is 6.51. The van der Waals surface area contributed by atoms with Gasteiger partial charge in [-0.25, -0.2) is 0 Å². The number of carboxylic acids is 1. The lowest BCUT2D eigenvalue weighted by Crippen LogP contribution is -2.32. The summed E-state index contributed by atoms with van der Waals surface area (Å²) in [6, 6.07) is 3.91. The zero-order chi connectivity index (χ0) is 18.1. The van der Waals surface area contributed by atoms with Crippen molar-refractivity contribution in [3.8, 4) is 0 Å². The maximum absolute atomic E-state index is 13.1. The minimum atomic E-state index is -4.43. The van der Waals surface area contributed by atoms with Crippen molar-refractivity contribution >= 4 is 5.97 Å². The van der Waals surface area contributed by atoms with Crippen LogP contribution in [0.4, 0.5) is 13.2 Å². The molecule has 0 fully saturated rings. The van der Waals surface area contributed by atoms with Crippen molar-refractivity contribution in [1.82, 2.24) is 0 Å². The van der Waals surface area contributed by atoms with Gasteiger partial charge >= 0.3 is 12.1 Å². The second-order valence-corrected chi connectivity index (χ2v) is 7.15. The normalized spacial score (nSPS) is 15.3. The van der Waals surface area contributed by atoms with Crippen LogP contribution in [0, 0.1) is 5.41 Å². The number of carbonyl (C=O) groups is 1. The summed E-state index contributed by atoms with van der Waals surface area (Å²) in [7, 11) is 0. The van der Waals surface area contributed by atoms with Gasteiger partial charge in [0, 0.05) is 0 Å².